The number of ketones is 1. The highest BCUT2D eigenvalue weighted by Crippen LogP contribution is 2.20. The second-order valence-corrected chi connectivity index (χ2v) is 6.18. The third-order valence-corrected chi connectivity index (χ3v) is 3.86. The van der Waals surface area contributed by atoms with Crippen molar-refractivity contribution in [2.24, 2.45) is 11.8 Å². The summed E-state index contributed by atoms with van der Waals surface area (Å²) in [4.78, 5) is 39.6. The van der Waals surface area contributed by atoms with Gasteiger partial charge in [0.1, 0.15) is 5.69 Å². The van der Waals surface area contributed by atoms with Gasteiger partial charge in [-0.15, -0.1) is 0 Å². The number of nitrogens with zero attached hydrogens (tertiary/aromatic N) is 1. The summed E-state index contributed by atoms with van der Waals surface area (Å²) >= 11 is 0. The van der Waals surface area contributed by atoms with E-state index in [2.05, 4.69) is 18.8 Å². The summed E-state index contributed by atoms with van der Waals surface area (Å²) in [6.45, 7) is 6.79. The number of rotatable bonds is 4. The number of Topliss-reactive ketones (excluding diaryl/α,β-unsaturated/α-hetero) is 1. The van der Waals surface area contributed by atoms with E-state index in [0.29, 0.717) is 30.5 Å². The molecule has 1 amide bonds. The quantitative estimate of drug-likeness (QED) is 0.680. The Morgan fingerprint density at radius 1 is 1.27 bits per heavy atom. The van der Waals surface area contributed by atoms with Crippen LogP contribution in [0, 0.1) is 11.8 Å². The topological polar surface area (TPSA) is 79.5 Å². The van der Waals surface area contributed by atoms with E-state index < -0.39 is 5.97 Å². The molecule has 1 aromatic rings. The van der Waals surface area contributed by atoms with Crippen molar-refractivity contribution in [1.82, 2.24) is 9.88 Å². The molecule has 2 heterocycles. The molecule has 1 fully saturated rings. The van der Waals surface area contributed by atoms with Gasteiger partial charge in [-0.25, -0.2) is 4.79 Å². The predicted molar refractivity (Wildman–Crippen MR) is 80.6 cm³/mol. The van der Waals surface area contributed by atoms with Gasteiger partial charge in [0.05, 0.1) is 0 Å². The van der Waals surface area contributed by atoms with Gasteiger partial charge in [-0.05, 0) is 31.2 Å². The molecule has 0 aromatic carbocycles. The molecule has 1 aliphatic heterocycles. The molecule has 0 spiro atoms. The zero-order valence-corrected chi connectivity index (χ0v) is 13.2. The van der Waals surface area contributed by atoms with Crippen LogP contribution in [0.3, 0.4) is 0 Å². The number of aromatic nitrogens is 1. The molecule has 0 unspecified atom stereocenters. The minimum Gasteiger partial charge on any atom is -0.451 e. The molecule has 6 nitrogen and oxygen atoms in total. The molecule has 1 N–H and O–H groups in total. The molecule has 120 valence electrons. The predicted octanol–water partition coefficient (Wildman–Crippen LogP) is 1.88. The normalized spacial score (nSPS) is 21.5. The van der Waals surface area contributed by atoms with Crippen LogP contribution in [-0.2, 0) is 9.53 Å². The lowest BCUT2D eigenvalue weighted by atomic mass is 9.92. The molecule has 0 bridgehead atoms. The first kappa shape index (κ1) is 16.3. The van der Waals surface area contributed by atoms with E-state index in [1.54, 1.807) is 4.90 Å². The monoisotopic (exact) mass is 306 g/mol. The van der Waals surface area contributed by atoms with Crippen LogP contribution in [0.15, 0.2) is 12.3 Å². The van der Waals surface area contributed by atoms with Crippen LogP contribution in [0.4, 0.5) is 0 Å². The van der Waals surface area contributed by atoms with Crippen molar-refractivity contribution in [1.29, 1.82) is 0 Å². The summed E-state index contributed by atoms with van der Waals surface area (Å²) in [6.07, 6.45) is 2.56. The highest BCUT2D eigenvalue weighted by molar-refractivity contribution is 5.97. The van der Waals surface area contributed by atoms with Crippen molar-refractivity contribution in [3.8, 4) is 0 Å². The van der Waals surface area contributed by atoms with Crippen LogP contribution in [0.25, 0.3) is 0 Å². The maximum atomic E-state index is 12.1. The lowest BCUT2D eigenvalue weighted by Gasteiger charge is -2.34. The number of piperidine rings is 1. The average molecular weight is 306 g/mol. The Kier molecular flexibility index (Phi) is 5.00. The van der Waals surface area contributed by atoms with Gasteiger partial charge < -0.3 is 14.6 Å². The number of ether oxygens (including phenoxy) is 1. The molecule has 0 aliphatic carbocycles. The molecule has 1 aliphatic rings. The molecular formula is C16H22N2O4. The fourth-order valence-electron chi connectivity index (χ4n) is 2.88. The Bertz CT molecular complexity index is 568. The number of carbonyl (C=O) groups is 3. The zero-order chi connectivity index (χ0) is 16.3. The van der Waals surface area contributed by atoms with E-state index in [9.17, 15) is 14.4 Å². The van der Waals surface area contributed by atoms with Gasteiger partial charge in [-0.1, -0.05) is 13.8 Å². The Balaban J connectivity index is 1.87. The molecule has 0 saturated carbocycles. The third-order valence-electron chi connectivity index (χ3n) is 3.86. The van der Waals surface area contributed by atoms with E-state index in [-0.39, 0.29) is 24.0 Å². The van der Waals surface area contributed by atoms with Crippen LogP contribution in [-0.4, -0.2) is 47.2 Å². The summed E-state index contributed by atoms with van der Waals surface area (Å²) in [7, 11) is 0. The lowest BCUT2D eigenvalue weighted by Crippen LogP contribution is -2.44. The van der Waals surface area contributed by atoms with Crippen molar-refractivity contribution < 1.29 is 19.1 Å². The molecular weight excluding hydrogens is 284 g/mol. The molecule has 1 saturated heterocycles. The molecule has 2 rings (SSSR count). The number of nitrogens with one attached hydrogen (secondary N) is 1. The average Bonchev–Trinajstić information content (AvgIpc) is 2.93. The Morgan fingerprint density at radius 3 is 2.45 bits per heavy atom. The number of aromatic amines is 1. The summed E-state index contributed by atoms with van der Waals surface area (Å²) < 4.78 is 5.03. The summed E-state index contributed by atoms with van der Waals surface area (Å²) in [6, 6.07) is 1.43. The van der Waals surface area contributed by atoms with E-state index in [1.807, 2.05) is 0 Å². The number of amides is 1. The standard InChI is InChI=1S/C16H22N2O4/c1-10-4-11(2)8-18(7-10)15(20)9-22-16(21)14-5-13(6-17-14)12(3)19/h5-6,10-11,17H,4,7-9H2,1-3H3/t10-,11-/m0/s1. The lowest BCUT2D eigenvalue weighted by molar-refractivity contribution is -0.137. The number of esters is 1. The molecule has 22 heavy (non-hydrogen) atoms. The van der Waals surface area contributed by atoms with Crippen LogP contribution < -0.4 is 0 Å². The zero-order valence-electron chi connectivity index (χ0n) is 13.2. The Hall–Kier alpha value is -2.11. The number of hydrogen-bond acceptors (Lipinski definition) is 4. The maximum Gasteiger partial charge on any atom is 0.355 e. The van der Waals surface area contributed by atoms with Crippen LogP contribution >= 0.6 is 0 Å². The first-order valence-corrected chi connectivity index (χ1v) is 7.51. The summed E-state index contributed by atoms with van der Waals surface area (Å²) in [5, 5.41) is 0. The molecule has 2 atom stereocenters. The van der Waals surface area contributed by atoms with Gasteiger partial charge in [0.25, 0.3) is 5.91 Å². The van der Waals surface area contributed by atoms with Gasteiger partial charge in [0, 0.05) is 24.8 Å². The van der Waals surface area contributed by atoms with Gasteiger partial charge in [-0.3, -0.25) is 9.59 Å². The summed E-state index contributed by atoms with van der Waals surface area (Å²) in [5.41, 5.74) is 0.593. The number of hydrogen-bond donors (Lipinski definition) is 1. The van der Waals surface area contributed by atoms with Gasteiger partial charge in [0.2, 0.25) is 0 Å². The first-order chi connectivity index (χ1) is 10.4. The number of carbonyl (C=O) groups excluding carboxylic acids is 3. The fourth-order valence-corrected chi connectivity index (χ4v) is 2.88. The van der Waals surface area contributed by atoms with Gasteiger partial charge in [-0.2, -0.15) is 0 Å². The van der Waals surface area contributed by atoms with E-state index in [4.69, 9.17) is 4.74 Å². The van der Waals surface area contributed by atoms with Crippen LogP contribution in [0.1, 0.15) is 48.0 Å². The second-order valence-electron chi connectivity index (χ2n) is 6.18. The van der Waals surface area contributed by atoms with Crippen LogP contribution in [0.5, 0.6) is 0 Å². The molecule has 6 heteroatoms. The highest BCUT2D eigenvalue weighted by Gasteiger charge is 2.26. The van der Waals surface area contributed by atoms with Gasteiger partial charge >= 0.3 is 5.97 Å². The molecule has 0 radical (unpaired) electrons. The van der Waals surface area contributed by atoms with Crippen molar-refractivity contribution in [2.45, 2.75) is 27.2 Å². The van der Waals surface area contributed by atoms with E-state index >= 15 is 0 Å². The van der Waals surface area contributed by atoms with Crippen molar-refractivity contribution >= 4 is 17.7 Å². The third kappa shape index (κ3) is 3.96. The first-order valence-electron chi connectivity index (χ1n) is 7.51. The fraction of sp³-hybridized carbons (Fsp3) is 0.562. The van der Waals surface area contributed by atoms with Crippen molar-refractivity contribution in [3.05, 3.63) is 23.5 Å². The van der Waals surface area contributed by atoms with Crippen LogP contribution in [0.2, 0.25) is 0 Å². The minimum absolute atomic E-state index is 0.136. The summed E-state index contributed by atoms with van der Waals surface area (Å²) in [5.74, 6) is -0.0124. The van der Waals surface area contributed by atoms with E-state index in [0.717, 1.165) is 6.42 Å². The van der Waals surface area contributed by atoms with Gasteiger partial charge in [0.15, 0.2) is 12.4 Å². The number of likely N-dealkylation sites (tertiary alicyclic amines) is 1. The second kappa shape index (κ2) is 6.77. The maximum absolute atomic E-state index is 12.1. The van der Waals surface area contributed by atoms with Crippen molar-refractivity contribution in [3.63, 3.8) is 0 Å². The number of H-pyrrole nitrogens is 1. The van der Waals surface area contributed by atoms with E-state index in [1.165, 1.54) is 19.2 Å². The Morgan fingerprint density at radius 2 is 1.91 bits per heavy atom. The smallest absolute Gasteiger partial charge is 0.355 e. The van der Waals surface area contributed by atoms with Crippen molar-refractivity contribution in [2.75, 3.05) is 19.7 Å². The Labute approximate surface area is 129 Å². The minimum atomic E-state index is -0.626. The largest absolute Gasteiger partial charge is 0.451 e. The highest BCUT2D eigenvalue weighted by atomic mass is 16.5. The SMILES string of the molecule is CC(=O)c1c[nH]c(C(=O)OCC(=O)N2C[C@@H](C)C[C@H](C)C2)c1. The molecule has 1 aromatic heterocycles.